The van der Waals surface area contributed by atoms with E-state index in [0.29, 0.717) is 0 Å². The molecule has 1 rings (SSSR count). The molecule has 1 N–H and O–H groups in total. The van der Waals surface area contributed by atoms with E-state index in [4.69, 9.17) is 5.11 Å². The average molecular weight is 354 g/mol. The van der Waals surface area contributed by atoms with E-state index < -0.39 is 21.8 Å². The fourth-order valence-corrected chi connectivity index (χ4v) is 2.86. The first kappa shape index (κ1) is 16.1. The van der Waals surface area contributed by atoms with Crippen molar-refractivity contribution in [3.63, 3.8) is 0 Å². The van der Waals surface area contributed by atoms with Crippen molar-refractivity contribution in [1.29, 1.82) is 0 Å². The Bertz CT molecular complexity index is 576. The SMILES string of the molecule is CN(CCCC(=O)O)S(=O)(=O)c1ccc(Br)c(F)c1. The molecule has 0 aliphatic rings. The number of carbonyl (C=O) groups is 1. The first-order valence-electron chi connectivity index (χ1n) is 5.38. The van der Waals surface area contributed by atoms with Gasteiger partial charge in [0.25, 0.3) is 0 Å². The Morgan fingerprint density at radius 1 is 1.47 bits per heavy atom. The van der Waals surface area contributed by atoms with Crippen LogP contribution in [-0.4, -0.2) is 37.4 Å². The smallest absolute Gasteiger partial charge is 0.303 e. The molecule has 0 aliphatic carbocycles. The second-order valence-electron chi connectivity index (χ2n) is 3.90. The molecule has 0 atom stereocenters. The largest absolute Gasteiger partial charge is 0.481 e. The van der Waals surface area contributed by atoms with E-state index in [2.05, 4.69) is 15.9 Å². The molecule has 0 aliphatic heterocycles. The third-order valence-corrected chi connectivity index (χ3v) is 4.96. The van der Waals surface area contributed by atoms with Gasteiger partial charge in [-0.2, -0.15) is 0 Å². The van der Waals surface area contributed by atoms with Gasteiger partial charge in [0, 0.05) is 20.0 Å². The van der Waals surface area contributed by atoms with E-state index in [0.717, 1.165) is 10.4 Å². The van der Waals surface area contributed by atoms with Crippen LogP contribution >= 0.6 is 15.9 Å². The molecule has 0 unspecified atom stereocenters. The van der Waals surface area contributed by atoms with Crippen LogP contribution in [0, 0.1) is 5.82 Å². The van der Waals surface area contributed by atoms with Crippen molar-refractivity contribution >= 4 is 31.9 Å². The fourth-order valence-electron chi connectivity index (χ4n) is 1.39. The van der Waals surface area contributed by atoms with Gasteiger partial charge in [-0.1, -0.05) is 0 Å². The maximum atomic E-state index is 13.3. The number of benzene rings is 1. The lowest BCUT2D eigenvalue weighted by Gasteiger charge is -2.16. The quantitative estimate of drug-likeness (QED) is 0.849. The lowest BCUT2D eigenvalue weighted by atomic mass is 10.3. The molecule has 1 aromatic carbocycles. The summed E-state index contributed by atoms with van der Waals surface area (Å²) in [4.78, 5) is 10.2. The van der Waals surface area contributed by atoms with Crippen molar-refractivity contribution in [2.45, 2.75) is 17.7 Å². The van der Waals surface area contributed by atoms with E-state index in [1.54, 1.807) is 0 Å². The number of nitrogens with zero attached hydrogens (tertiary/aromatic N) is 1. The zero-order valence-electron chi connectivity index (χ0n) is 10.1. The Labute approximate surface area is 119 Å². The topological polar surface area (TPSA) is 74.7 Å². The number of halogens is 2. The molecule has 0 heterocycles. The van der Waals surface area contributed by atoms with Crippen LogP contribution in [0.15, 0.2) is 27.6 Å². The first-order chi connectivity index (χ1) is 8.75. The molecule has 19 heavy (non-hydrogen) atoms. The van der Waals surface area contributed by atoms with Gasteiger partial charge >= 0.3 is 5.97 Å². The second-order valence-corrected chi connectivity index (χ2v) is 6.80. The Kier molecular flexibility index (Phi) is 5.45. The normalized spacial score (nSPS) is 11.8. The van der Waals surface area contributed by atoms with Gasteiger partial charge in [0.2, 0.25) is 10.0 Å². The predicted molar refractivity (Wildman–Crippen MR) is 70.8 cm³/mol. The molecule has 5 nitrogen and oxygen atoms in total. The van der Waals surface area contributed by atoms with E-state index in [-0.39, 0.29) is 28.8 Å². The van der Waals surface area contributed by atoms with Gasteiger partial charge in [0.1, 0.15) is 5.82 Å². The van der Waals surface area contributed by atoms with Crippen molar-refractivity contribution in [3.05, 3.63) is 28.5 Å². The number of rotatable bonds is 6. The van der Waals surface area contributed by atoms with E-state index in [1.165, 1.54) is 19.2 Å². The van der Waals surface area contributed by atoms with Crippen molar-refractivity contribution in [3.8, 4) is 0 Å². The lowest BCUT2D eigenvalue weighted by molar-refractivity contribution is -0.137. The van der Waals surface area contributed by atoms with E-state index >= 15 is 0 Å². The summed E-state index contributed by atoms with van der Waals surface area (Å²) in [7, 11) is -2.47. The van der Waals surface area contributed by atoms with Crippen molar-refractivity contribution in [1.82, 2.24) is 4.31 Å². The number of aliphatic carboxylic acids is 1. The first-order valence-corrected chi connectivity index (χ1v) is 7.61. The van der Waals surface area contributed by atoms with Crippen LogP contribution in [0.4, 0.5) is 4.39 Å². The minimum atomic E-state index is -3.80. The Balaban J connectivity index is 2.84. The van der Waals surface area contributed by atoms with Gasteiger partial charge in [-0.05, 0) is 40.5 Å². The standard InChI is InChI=1S/C11H13BrFNO4S/c1-14(6-2-3-11(15)16)19(17,18)8-4-5-9(12)10(13)7-8/h4-5,7H,2-3,6H2,1H3,(H,15,16). The maximum absolute atomic E-state index is 13.3. The zero-order chi connectivity index (χ0) is 14.6. The van der Waals surface area contributed by atoms with Gasteiger partial charge in [-0.25, -0.2) is 17.1 Å². The van der Waals surface area contributed by atoms with Crippen LogP contribution in [0.3, 0.4) is 0 Å². The number of carboxylic acid groups (broad SMARTS) is 1. The summed E-state index contributed by atoms with van der Waals surface area (Å²) in [5.74, 6) is -1.65. The van der Waals surface area contributed by atoms with Gasteiger partial charge in [-0.3, -0.25) is 4.79 Å². The molecular weight excluding hydrogens is 341 g/mol. The summed E-state index contributed by atoms with van der Waals surface area (Å²) in [6, 6.07) is 3.52. The summed E-state index contributed by atoms with van der Waals surface area (Å²) in [6.07, 6.45) is 0.0820. The van der Waals surface area contributed by atoms with Gasteiger partial charge in [0.05, 0.1) is 9.37 Å². The van der Waals surface area contributed by atoms with Gasteiger partial charge in [-0.15, -0.1) is 0 Å². The van der Waals surface area contributed by atoms with Crippen LogP contribution < -0.4 is 0 Å². The molecule has 1 aromatic rings. The minimum absolute atomic E-state index is 0.0618. The monoisotopic (exact) mass is 353 g/mol. The van der Waals surface area contributed by atoms with Crippen LogP contribution in [0.25, 0.3) is 0 Å². The molecular formula is C11H13BrFNO4S. The highest BCUT2D eigenvalue weighted by Crippen LogP contribution is 2.21. The summed E-state index contributed by atoms with van der Waals surface area (Å²) in [5, 5.41) is 8.49. The number of hydrogen-bond acceptors (Lipinski definition) is 3. The molecule has 0 radical (unpaired) electrons. The second kappa shape index (κ2) is 6.44. The lowest BCUT2D eigenvalue weighted by Crippen LogP contribution is -2.28. The Morgan fingerprint density at radius 2 is 2.11 bits per heavy atom. The highest BCUT2D eigenvalue weighted by atomic mass is 79.9. The number of carboxylic acids is 1. The third kappa shape index (κ3) is 4.26. The molecule has 0 saturated carbocycles. The molecule has 0 saturated heterocycles. The summed E-state index contributed by atoms with van der Waals surface area (Å²) >= 11 is 2.94. The predicted octanol–water partition coefficient (Wildman–Crippen LogP) is 2.07. The average Bonchev–Trinajstić information content (AvgIpc) is 2.31. The molecule has 0 amide bonds. The summed E-state index contributed by atoms with van der Waals surface area (Å²) in [6.45, 7) is 0.0618. The van der Waals surface area contributed by atoms with Crippen LogP contribution in [0.5, 0.6) is 0 Å². The molecule has 0 aromatic heterocycles. The Hall–Kier alpha value is -0.990. The van der Waals surface area contributed by atoms with Crippen molar-refractivity contribution < 1.29 is 22.7 Å². The van der Waals surface area contributed by atoms with Crippen LogP contribution in [0.1, 0.15) is 12.8 Å². The zero-order valence-corrected chi connectivity index (χ0v) is 12.5. The molecule has 106 valence electrons. The van der Waals surface area contributed by atoms with Crippen molar-refractivity contribution in [2.24, 2.45) is 0 Å². The molecule has 0 fully saturated rings. The number of hydrogen-bond donors (Lipinski definition) is 1. The maximum Gasteiger partial charge on any atom is 0.303 e. The highest BCUT2D eigenvalue weighted by molar-refractivity contribution is 9.10. The fraction of sp³-hybridized carbons (Fsp3) is 0.364. The summed E-state index contributed by atoms with van der Waals surface area (Å²) < 4.78 is 38.7. The number of sulfonamides is 1. The van der Waals surface area contributed by atoms with E-state index in [1.807, 2.05) is 0 Å². The molecule has 0 spiro atoms. The minimum Gasteiger partial charge on any atom is -0.481 e. The molecule has 8 heteroatoms. The van der Waals surface area contributed by atoms with Gasteiger partial charge in [0.15, 0.2) is 0 Å². The highest BCUT2D eigenvalue weighted by Gasteiger charge is 2.21. The van der Waals surface area contributed by atoms with Crippen LogP contribution in [-0.2, 0) is 14.8 Å². The summed E-state index contributed by atoms with van der Waals surface area (Å²) in [5.41, 5.74) is 0. The van der Waals surface area contributed by atoms with Crippen molar-refractivity contribution in [2.75, 3.05) is 13.6 Å². The van der Waals surface area contributed by atoms with E-state index in [9.17, 15) is 17.6 Å². The Morgan fingerprint density at radius 3 is 2.63 bits per heavy atom. The van der Waals surface area contributed by atoms with Crippen LogP contribution in [0.2, 0.25) is 0 Å². The third-order valence-electron chi connectivity index (χ3n) is 2.46. The van der Waals surface area contributed by atoms with Gasteiger partial charge < -0.3 is 5.11 Å². The molecule has 0 bridgehead atoms.